The Morgan fingerprint density at radius 2 is 2.33 bits per heavy atom. The lowest BCUT2D eigenvalue weighted by Crippen LogP contribution is -2.33. The third-order valence-electron chi connectivity index (χ3n) is 2.94. The summed E-state index contributed by atoms with van der Waals surface area (Å²) in [6, 6.07) is 5.52. The predicted molar refractivity (Wildman–Crippen MR) is 69.3 cm³/mol. The van der Waals surface area contributed by atoms with Crippen LogP contribution in [0.25, 0.3) is 0 Å². The fraction of sp³-hybridized carbons (Fsp3) is 0.538. The zero-order valence-corrected chi connectivity index (χ0v) is 10.4. The highest BCUT2D eigenvalue weighted by Gasteiger charge is 2.12. The van der Waals surface area contributed by atoms with Crippen molar-refractivity contribution in [2.45, 2.75) is 18.9 Å². The largest absolute Gasteiger partial charge is 0.376 e. The molecular weight excluding hydrogens is 228 g/mol. The van der Waals surface area contributed by atoms with Crippen molar-refractivity contribution < 1.29 is 4.74 Å². The van der Waals surface area contributed by atoms with Gasteiger partial charge in [0.05, 0.1) is 24.3 Å². The van der Waals surface area contributed by atoms with E-state index in [0.29, 0.717) is 24.8 Å². The van der Waals surface area contributed by atoms with Crippen molar-refractivity contribution in [2.75, 3.05) is 31.6 Å². The van der Waals surface area contributed by atoms with Gasteiger partial charge in [0.15, 0.2) is 0 Å². The third kappa shape index (κ3) is 3.99. The fourth-order valence-electron chi connectivity index (χ4n) is 1.96. The van der Waals surface area contributed by atoms with E-state index in [-0.39, 0.29) is 0 Å². The average Bonchev–Trinajstić information content (AvgIpc) is 2.45. The van der Waals surface area contributed by atoms with E-state index in [1.165, 1.54) is 0 Å². The molecule has 2 heterocycles. The molecule has 0 bridgehead atoms. The summed E-state index contributed by atoms with van der Waals surface area (Å²) in [4.78, 5) is 4.14. The van der Waals surface area contributed by atoms with E-state index in [4.69, 9.17) is 10.00 Å². The van der Waals surface area contributed by atoms with Gasteiger partial charge in [-0.1, -0.05) is 0 Å². The van der Waals surface area contributed by atoms with E-state index in [2.05, 4.69) is 21.7 Å². The predicted octanol–water partition coefficient (Wildman–Crippen LogP) is 1.13. The van der Waals surface area contributed by atoms with Crippen LogP contribution in [-0.2, 0) is 4.74 Å². The molecule has 0 atom stereocenters. The summed E-state index contributed by atoms with van der Waals surface area (Å²) in [6.45, 7) is 3.47. The van der Waals surface area contributed by atoms with Gasteiger partial charge in [-0.25, -0.2) is 4.98 Å². The molecule has 1 saturated heterocycles. The summed E-state index contributed by atoms with van der Waals surface area (Å²) in [5, 5.41) is 15.2. The van der Waals surface area contributed by atoms with Crippen molar-refractivity contribution in [1.29, 1.82) is 5.26 Å². The Balaban J connectivity index is 1.67. The van der Waals surface area contributed by atoms with Gasteiger partial charge in [-0.15, -0.1) is 0 Å². The maximum absolute atomic E-state index is 8.77. The van der Waals surface area contributed by atoms with Crippen LogP contribution in [0.5, 0.6) is 0 Å². The van der Waals surface area contributed by atoms with E-state index >= 15 is 0 Å². The van der Waals surface area contributed by atoms with E-state index in [1.807, 2.05) is 0 Å². The van der Waals surface area contributed by atoms with Crippen LogP contribution < -0.4 is 10.6 Å². The molecule has 0 aromatic carbocycles. The molecule has 2 N–H and O–H groups in total. The first kappa shape index (κ1) is 12.8. The molecule has 0 saturated carbocycles. The smallest absolute Gasteiger partial charge is 0.127 e. The molecule has 1 aromatic rings. The second kappa shape index (κ2) is 6.94. The molecule has 5 heteroatoms. The first-order valence-electron chi connectivity index (χ1n) is 6.31. The van der Waals surface area contributed by atoms with Crippen molar-refractivity contribution in [3.05, 3.63) is 23.9 Å². The Morgan fingerprint density at radius 3 is 3.11 bits per heavy atom. The van der Waals surface area contributed by atoms with E-state index in [0.717, 1.165) is 31.7 Å². The number of hydrogen-bond acceptors (Lipinski definition) is 5. The van der Waals surface area contributed by atoms with E-state index < -0.39 is 0 Å². The summed E-state index contributed by atoms with van der Waals surface area (Å²) in [6.07, 6.45) is 4.19. The zero-order chi connectivity index (χ0) is 12.6. The number of aromatic nitrogens is 1. The van der Waals surface area contributed by atoms with Crippen LogP contribution in [0.15, 0.2) is 18.3 Å². The molecule has 0 unspecified atom stereocenters. The number of nitrogens with one attached hydrogen (secondary N) is 2. The summed E-state index contributed by atoms with van der Waals surface area (Å²) in [5.41, 5.74) is 0.617. The minimum absolute atomic E-state index is 0.381. The van der Waals surface area contributed by atoms with Crippen molar-refractivity contribution in [1.82, 2.24) is 10.3 Å². The van der Waals surface area contributed by atoms with Gasteiger partial charge in [-0.3, -0.25) is 0 Å². The lowest BCUT2D eigenvalue weighted by Gasteiger charge is -2.23. The molecule has 0 amide bonds. The van der Waals surface area contributed by atoms with Gasteiger partial charge >= 0.3 is 0 Å². The molecule has 0 radical (unpaired) electrons. The first-order valence-corrected chi connectivity index (χ1v) is 6.31. The van der Waals surface area contributed by atoms with Crippen LogP contribution in [0.1, 0.15) is 18.4 Å². The Bertz CT molecular complexity index is 410. The first-order chi connectivity index (χ1) is 8.88. The minimum atomic E-state index is 0.381. The molecule has 18 heavy (non-hydrogen) atoms. The van der Waals surface area contributed by atoms with Crippen molar-refractivity contribution in [3.8, 4) is 6.07 Å². The van der Waals surface area contributed by atoms with Crippen LogP contribution in [-0.4, -0.2) is 37.3 Å². The molecule has 0 aliphatic carbocycles. The highest BCUT2D eigenvalue weighted by atomic mass is 16.5. The van der Waals surface area contributed by atoms with Gasteiger partial charge in [0.1, 0.15) is 5.82 Å². The molecule has 1 aliphatic rings. The van der Waals surface area contributed by atoms with Gasteiger partial charge in [0.25, 0.3) is 0 Å². The number of anilines is 1. The van der Waals surface area contributed by atoms with Crippen LogP contribution in [0.4, 0.5) is 5.82 Å². The van der Waals surface area contributed by atoms with Gasteiger partial charge in [-0.2, -0.15) is 5.26 Å². The van der Waals surface area contributed by atoms with Crippen molar-refractivity contribution >= 4 is 5.82 Å². The second-order valence-corrected chi connectivity index (χ2v) is 4.29. The maximum atomic E-state index is 8.77. The molecule has 96 valence electrons. The summed E-state index contributed by atoms with van der Waals surface area (Å²) < 4.78 is 5.77. The second-order valence-electron chi connectivity index (χ2n) is 4.29. The number of nitrogens with zero attached hydrogens (tertiary/aromatic N) is 2. The van der Waals surface area contributed by atoms with Crippen LogP contribution in [0, 0.1) is 11.3 Å². The third-order valence-corrected chi connectivity index (χ3v) is 2.94. The standard InChI is InChI=1S/C13H18N4O/c14-10-11-1-6-16-13(9-11)17-7-8-18-12-2-4-15-5-3-12/h1,6,9,12,15H,2-5,7-8H2,(H,16,17). The Kier molecular flexibility index (Phi) is 4.94. The molecule has 2 rings (SSSR count). The van der Waals surface area contributed by atoms with E-state index in [1.54, 1.807) is 18.3 Å². The summed E-state index contributed by atoms with van der Waals surface area (Å²) >= 11 is 0. The highest BCUT2D eigenvalue weighted by molar-refractivity contribution is 5.42. The normalized spacial score (nSPS) is 16.2. The number of nitriles is 1. The monoisotopic (exact) mass is 246 g/mol. The van der Waals surface area contributed by atoms with Crippen LogP contribution in [0.2, 0.25) is 0 Å². The van der Waals surface area contributed by atoms with Gasteiger partial charge in [0, 0.05) is 12.7 Å². The summed E-state index contributed by atoms with van der Waals surface area (Å²) in [5.74, 6) is 0.725. The van der Waals surface area contributed by atoms with Gasteiger partial charge < -0.3 is 15.4 Å². The van der Waals surface area contributed by atoms with Gasteiger partial charge in [-0.05, 0) is 38.1 Å². The molecular formula is C13H18N4O. The minimum Gasteiger partial charge on any atom is -0.376 e. The van der Waals surface area contributed by atoms with Crippen molar-refractivity contribution in [2.24, 2.45) is 0 Å². The maximum Gasteiger partial charge on any atom is 0.127 e. The molecule has 0 spiro atoms. The Labute approximate surface area is 107 Å². The lowest BCUT2D eigenvalue weighted by molar-refractivity contribution is 0.0394. The molecule has 1 aliphatic heterocycles. The zero-order valence-electron chi connectivity index (χ0n) is 10.4. The number of piperidine rings is 1. The van der Waals surface area contributed by atoms with Crippen molar-refractivity contribution in [3.63, 3.8) is 0 Å². The van der Waals surface area contributed by atoms with Gasteiger partial charge in [0.2, 0.25) is 0 Å². The number of rotatable bonds is 5. The number of ether oxygens (including phenoxy) is 1. The average molecular weight is 246 g/mol. The quantitative estimate of drug-likeness (QED) is 0.762. The number of hydrogen-bond donors (Lipinski definition) is 2. The summed E-state index contributed by atoms with van der Waals surface area (Å²) in [7, 11) is 0. The Morgan fingerprint density at radius 1 is 1.50 bits per heavy atom. The fourth-order valence-corrected chi connectivity index (χ4v) is 1.96. The molecule has 5 nitrogen and oxygen atoms in total. The lowest BCUT2D eigenvalue weighted by atomic mass is 10.1. The molecule has 1 fully saturated rings. The van der Waals surface area contributed by atoms with E-state index in [9.17, 15) is 0 Å². The molecule has 1 aromatic heterocycles. The highest BCUT2D eigenvalue weighted by Crippen LogP contribution is 2.08. The topological polar surface area (TPSA) is 70.0 Å². The Hall–Kier alpha value is -1.64. The van der Waals surface area contributed by atoms with Crippen LogP contribution in [0.3, 0.4) is 0 Å². The van der Waals surface area contributed by atoms with Crippen LogP contribution >= 0.6 is 0 Å². The SMILES string of the molecule is N#Cc1ccnc(NCCOC2CCNCC2)c1. The number of pyridine rings is 1.